The van der Waals surface area contributed by atoms with Crippen LogP contribution in [0.1, 0.15) is 38.8 Å². The molecule has 1 aliphatic carbocycles. The molecule has 1 N–H and O–H groups in total. The zero-order valence-electron chi connectivity index (χ0n) is 11.8. The highest BCUT2D eigenvalue weighted by Gasteiger charge is 2.56. The van der Waals surface area contributed by atoms with Gasteiger partial charge in [-0.05, 0) is 30.1 Å². The van der Waals surface area contributed by atoms with Crippen molar-refractivity contribution in [3.05, 3.63) is 47.5 Å². The molecule has 0 aromatic heterocycles. The van der Waals surface area contributed by atoms with E-state index in [4.69, 9.17) is 9.78 Å². The molecule has 3 atom stereocenters. The van der Waals surface area contributed by atoms with Crippen LogP contribution in [0.3, 0.4) is 0 Å². The van der Waals surface area contributed by atoms with Gasteiger partial charge in [0.05, 0.1) is 6.10 Å². The van der Waals surface area contributed by atoms with Crippen molar-refractivity contribution in [1.29, 1.82) is 0 Å². The van der Waals surface area contributed by atoms with Gasteiger partial charge in [0.15, 0.2) is 5.60 Å². The number of hydrogen-bond acceptors (Lipinski definition) is 3. The normalized spacial score (nSPS) is 34.2. The molecular formula is C16H20O3. The van der Waals surface area contributed by atoms with Crippen LogP contribution >= 0.6 is 0 Å². The van der Waals surface area contributed by atoms with Crippen LogP contribution in [0.25, 0.3) is 0 Å². The predicted octanol–water partition coefficient (Wildman–Crippen LogP) is 3.04. The van der Waals surface area contributed by atoms with Gasteiger partial charge in [-0.25, -0.2) is 9.78 Å². The summed E-state index contributed by atoms with van der Waals surface area (Å²) in [6.07, 6.45) is 3.23. The third-order valence-corrected chi connectivity index (χ3v) is 4.11. The molecule has 102 valence electrons. The first kappa shape index (κ1) is 12.9. The molecule has 0 fully saturated rings. The van der Waals surface area contributed by atoms with E-state index in [-0.39, 0.29) is 5.41 Å². The van der Waals surface area contributed by atoms with Crippen LogP contribution in [-0.2, 0) is 21.0 Å². The highest BCUT2D eigenvalue weighted by Crippen LogP contribution is 2.52. The Morgan fingerprint density at radius 1 is 1.05 bits per heavy atom. The van der Waals surface area contributed by atoms with E-state index in [0.717, 1.165) is 11.1 Å². The van der Waals surface area contributed by atoms with E-state index < -0.39 is 17.3 Å². The fraction of sp³-hybridized carbons (Fsp3) is 0.500. The number of aliphatic hydroxyl groups is 1. The maximum atomic E-state index is 10.8. The molecule has 0 amide bonds. The first-order valence-corrected chi connectivity index (χ1v) is 6.65. The van der Waals surface area contributed by atoms with Crippen molar-refractivity contribution in [3.63, 3.8) is 0 Å². The van der Waals surface area contributed by atoms with Gasteiger partial charge in [0, 0.05) is 5.56 Å². The Morgan fingerprint density at radius 2 is 1.68 bits per heavy atom. The first-order valence-electron chi connectivity index (χ1n) is 6.65. The summed E-state index contributed by atoms with van der Waals surface area (Å²) in [5, 5.41) is 10.8. The summed E-state index contributed by atoms with van der Waals surface area (Å²) in [5.41, 5.74) is 0.273. The van der Waals surface area contributed by atoms with Crippen LogP contribution in [-0.4, -0.2) is 11.2 Å². The van der Waals surface area contributed by atoms with E-state index in [2.05, 4.69) is 0 Å². The summed E-state index contributed by atoms with van der Waals surface area (Å²) in [6.45, 7) is 7.95. The van der Waals surface area contributed by atoms with E-state index in [0.29, 0.717) is 0 Å². The molecule has 2 aliphatic heterocycles. The quantitative estimate of drug-likeness (QED) is 0.623. The van der Waals surface area contributed by atoms with Crippen molar-refractivity contribution in [1.82, 2.24) is 0 Å². The first-order chi connectivity index (χ1) is 8.80. The fourth-order valence-corrected chi connectivity index (χ4v) is 2.95. The molecule has 3 heteroatoms. The van der Waals surface area contributed by atoms with Crippen LogP contribution in [0.2, 0.25) is 0 Å². The number of aliphatic hydroxyl groups excluding tert-OH is 1. The minimum atomic E-state index is -0.910. The predicted molar refractivity (Wildman–Crippen MR) is 72.2 cm³/mol. The number of hydrogen-bond donors (Lipinski definition) is 1. The Bertz CT molecular complexity index is 543. The smallest absolute Gasteiger partial charge is 0.173 e. The minimum Gasteiger partial charge on any atom is -0.389 e. The second-order valence-electron chi connectivity index (χ2n) is 6.71. The lowest BCUT2D eigenvalue weighted by Crippen LogP contribution is -2.55. The molecule has 2 heterocycles. The van der Waals surface area contributed by atoms with E-state index in [9.17, 15) is 5.11 Å². The molecule has 0 unspecified atom stereocenters. The third kappa shape index (κ3) is 1.62. The van der Waals surface area contributed by atoms with Crippen LogP contribution in [0.5, 0.6) is 0 Å². The lowest BCUT2D eigenvalue weighted by atomic mass is 9.68. The maximum Gasteiger partial charge on any atom is 0.173 e. The van der Waals surface area contributed by atoms with Gasteiger partial charge in [0.1, 0.15) is 5.60 Å². The summed E-state index contributed by atoms with van der Waals surface area (Å²) in [7, 11) is 0. The summed E-state index contributed by atoms with van der Waals surface area (Å²) >= 11 is 0. The zero-order valence-corrected chi connectivity index (χ0v) is 11.8. The van der Waals surface area contributed by atoms with Gasteiger partial charge >= 0.3 is 0 Å². The standard InChI is InChI=1S/C16H20O3/c1-14(2,3)13(17)16-10-9-15(4,18-19-16)11-7-5-6-8-12(11)16/h5-10,13,17H,1-4H3/t13-,15-,16+/m0/s1. The average molecular weight is 260 g/mol. The molecule has 0 radical (unpaired) electrons. The molecule has 3 nitrogen and oxygen atoms in total. The van der Waals surface area contributed by atoms with Gasteiger partial charge in [-0.2, -0.15) is 0 Å². The molecule has 3 aliphatic rings. The Hall–Kier alpha value is -1.16. The van der Waals surface area contributed by atoms with Gasteiger partial charge < -0.3 is 5.11 Å². The van der Waals surface area contributed by atoms with E-state index in [1.165, 1.54) is 0 Å². The number of benzene rings is 1. The second kappa shape index (κ2) is 3.69. The number of rotatable bonds is 1. The Morgan fingerprint density at radius 3 is 2.21 bits per heavy atom. The third-order valence-electron chi connectivity index (χ3n) is 4.11. The topological polar surface area (TPSA) is 38.7 Å². The average Bonchev–Trinajstić information content (AvgIpc) is 2.38. The summed E-state index contributed by atoms with van der Waals surface area (Å²) < 4.78 is 0. The minimum absolute atomic E-state index is 0.314. The SMILES string of the molecule is CC(C)(C)[C@H](O)[C@]12C=C[C@](C)(OO1)c1ccccc12. The van der Waals surface area contributed by atoms with Gasteiger partial charge in [-0.3, -0.25) is 0 Å². The van der Waals surface area contributed by atoms with Crippen molar-refractivity contribution in [2.75, 3.05) is 0 Å². The Labute approximate surface area is 113 Å². The van der Waals surface area contributed by atoms with Gasteiger partial charge in [0.25, 0.3) is 0 Å². The van der Waals surface area contributed by atoms with Crippen LogP contribution < -0.4 is 0 Å². The largest absolute Gasteiger partial charge is 0.389 e. The lowest BCUT2D eigenvalue weighted by molar-refractivity contribution is -0.436. The molecule has 1 aromatic rings. The molecule has 4 rings (SSSR count). The summed E-state index contributed by atoms with van der Waals surface area (Å²) in [5.74, 6) is 0. The van der Waals surface area contributed by atoms with Gasteiger partial charge in [0.2, 0.25) is 0 Å². The van der Waals surface area contributed by atoms with Crippen molar-refractivity contribution >= 4 is 0 Å². The van der Waals surface area contributed by atoms with Crippen molar-refractivity contribution in [2.24, 2.45) is 5.41 Å². The summed E-state index contributed by atoms with van der Waals surface area (Å²) in [6, 6.07) is 8.00. The number of fused-ring (bicyclic) bond motifs is 1. The van der Waals surface area contributed by atoms with Gasteiger partial charge in [-0.1, -0.05) is 45.0 Å². The van der Waals surface area contributed by atoms with Gasteiger partial charge in [-0.15, -0.1) is 0 Å². The lowest BCUT2D eigenvalue weighted by Gasteiger charge is -2.51. The second-order valence-corrected chi connectivity index (χ2v) is 6.71. The van der Waals surface area contributed by atoms with E-state index in [1.54, 1.807) is 0 Å². The van der Waals surface area contributed by atoms with E-state index in [1.807, 2.05) is 64.1 Å². The van der Waals surface area contributed by atoms with Crippen LogP contribution in [0.4, 0.5) is 0 Å². The highest BCUT2D eigenvalue weighted by molar-refractivity contribution is 5.48. The van der Waals surface area contributed by atoms with Crippen molar-refractivity contribution < 1.29 is 14.9 Å². The molecule has 2 bridgehead atoms. The van der Waals surface area contributed by atoms with Crippen LogP contribution in [0, 0.1) is 5.41 Å². The van der Waals surface area contributed by atoms with Crippen molar-refractivity contribution in [3.8, 4) is 0 Å². The maximum absolute atomic E-state index is 10.8. The van der Waals surface area contributed by atoms with E-state index >= 15 is 0 Å². The molecule has 0 saturated heterocycles. The fourth-order valence-electron chi connectivity index (χ4n) is 2.95. The van der Waals surface area contributed by atoms with Crippen LogP contribution in [0.15, 0.2) is 36.4 Å². The molecular weight excluding hydrogens is 240 g/mol. The monoisotopic (exact) mass is 260 g/mol. The Balaban J connectivity index is 2.21. The Kier molecular flexibility index (Phi) is 2.50. The molecule has 0 saturated carbocycles. The molecule has 1 aromatic carbocycles. The molecule has 0 spiro atoms. The molecule has 19 heavy (non-hydrogen) atoms. The van der Waals surface area contributed by atoms with Crippen molar-refractivity contribution in [2.45, 2.75) is 45.0 Å². The zero-order chi connectivity index (χ0) is 13.9. The summed E-state index contributed by atoms with van der Waals surface area (Å²) in [4.78, 5) is 11.2. The highest BCUT2D eigenvalue weighted by atomic mass is 17.2.